The number of hydrogen-bond donors (Lipinski definition) is 1. The highest BCUT2D eigenvalue weighted by Gasteiger charge is 2.16. The summed E-state index contributed by atoms with van der Waals surface area (Å²) in [6.45, 7) is 3.85. The van der Waals surface area contributed by atoms with Crippen molar-refractivity contribution in [3.63, 3.8) is 0 Å². The molecule has 0 aromatic heterocycles. The fourth-order valence-electron chi connectivity index (χ4n) is 6.12. The van der Waals surface area contributed by atoms with E-state index in [2.05, 4.69) is 172 Å². The smallest absolute Gasteiger partial charge is 0.306 e. The average Bonchev–Trinajstić information content (AvgIpc) is 3.30. The third-order valence-corrected chi connectivity index (χ3v) is 9.82. The van der Waals surface area contributed by atoms with Gasteiger partial charge in [-0.25, -0.2) is 0 Å². The maximum atomic E-state index is 12.3. The molecule has 5 heteroatoms. The molecular formula is C59H90O5. The van der Waals surface area contributed by atoms with Crippen LogP contribution in [0.2, 0.25) is 0 Å². The lowest BCUT2D eigenvalue weighted by Gasteiger charge is -2.15. The van der Waals surface area contributed by atoms with E-state index in [1.165, 1.54) is 25.7 Å². The first kappa shape index (κ1) is 59.5. The molecule has 0 aliphatic carbocycles. The van der Waals surface area contributed by atoms with Crippen LogP contribution in [0.3, 0.4) is 0 Å². The molecule has 1 atom stereocenters. The second-order valence-electron chi connectivity index (χ2n) is 15.8. The first-order chi connectivity index (χ1) is 31.6. The van der Waals surface area contributed by atoms with Crippen LogP contribution < -0.4 is 0 Å². The van der Waals surface area contributed by atoms with Gasteiger partial charge in [-0.05, 0) is 122 Å². The lowest BCUT2D eigenvalue weighted by Crippen LogP contribution is -2.28. The molecule has 0 radical (unpaired) electrons. The zero-order valence-electron chi connectivity index (χ0n) is 40.5. The van der Waals surface area contributed by atoms with Gasteiger partial charge >= 0.3 is 11.9 Å². The summed E-state index contributed by atoms with van der Waals surface area (Å²) < 4.78 is 10.6. The lowest BCUT2D eigenvalue weighted by atomic mass is 10.1. The van der Waals surface area contributed by atoms with Crippen molar-refractivity contribution >= 4 is 11.9 Å². The normalized spacial score (nSPS) is 13.6. The first-order valence-electron chi connectivity index (χ1n) is 25.0. The molecule has 356 valence electrons. The summed E-state index contributed by atoms with van der Waals surface area (Å²) in [6, 6.07) is 0. The maximum absolute atomic E-state index is 12.3. The highest BCUT2D eigenvalue weighted by atomic mass is 16.6. The lowest BCUT2D eigenvalue weighted by molar-refractivity contribution is -0.161. The Morgan fingerprint density at radius 3 is 0.969 bits per heavy atom. The molecule has 1 unspecified atom stereocenters. The number of allylic oxidation sites excluding steroid dienone is 26. The zero-order chi connectivity index (χ0) is 46.3. The van der Waals surface area contributed by atoms with Crippen molar-refractivity contribution in [3.8, 4) is 0 Å². The van der Waals surface area contributed by atoms with E-state index in [0.717, 1.165) is 122 Å². The molecular weight excluding hydrogens is 789 g/mol. The molecule has 0 rings (SSSR count). The number of carbonyl (C=O) groups is 2. The Morgan fingerprint density at radius 1 is 0.359 bits per heavy atom. The number of aliphatic hydroxyl groups excluding tert-OH is 1. The molecule has 0 heterocycles. The average molecular weight is 879 g/mol. The molecule has 0 saturated carbocycles. The van der Waals surface area contributed by atoms with Crippen LogP contribution in [0, 0.1) is 0 Å². The molecule has 0 spiro atoms. The molecule has 0 aromatic carbocycles. The molecule has 0 amide bonds. The molecule has 0 fully saturated rings. The number of rotatable bonds is 43. The Balaban J connectivity index is 3.71. The summed E-state index contributed by atoms with van der Waals surface area (Å²) in [5.41, 5.74) is 0. The van der Waals surface area contributed by atoms with Crippen molar-refractivity contribution in [1.82, 2.24) is 0 Å². The monoisotopic (exact) mass is 879 g/mol. The van der Waals surface area contributed by atoms with Gasteiger partial charge in [0.1, 0.15) is 6.61 Å². The van der Waals surface area contributed by atoms with E-state index < -0.39 is 6.10 Å². The Hall–Kier alpha value is -4.48. The first-order valence-corrected chi connectivity index (χ1v) is 25.0. The summed E-state index contributed by atoms with van der Waals surface area (Å²) in [4.78, 5) is 24.4. The molecule has 0 aromatic rings. The fourth-order valence-corrected chi connectivity index (χ4v) is 6.12. The van der Waals surface area contributed by atoms with Crippen molar-refractivity contribution in [2.24, 2.45) is 0 Å². The predicted molar refractivity (Wildman–Crippen MR) is 278 cm³/mol. The van der Waals surface area contributed by atoms with Gasteiger partial charge in [0, 0.05) is 12.8 Å². The van der Waals surface area contributed by atoms with E-state index in [4.69, 9.17) is 9.47 Å². The van der Waals surface area contributed by atoms with Gasteiger partial charge in [0.15, 0.2) is 6.10 Å². The quantitative estimate of drug-likeness (QED) is 0.0375. The molecule has 0 aliphatic heterocycles. The highest BCUT2D eigenvalue weighted by molar-refractivity contribution is 5.70. The van der Waals surface area contributed by atoms with Gasteiger partial charge in [0.25, 0.3) is 0 Å². The van der Waals surface area contributed by atoms with Crippen molar-refractivity contribution in [2.45, 2.75) is 187 Å². The highest BCUT2D eigenvalue weighted by Crippen LogP contribution is 2.11. The van der Waals surface area contributed by atoms with E-state index in [1.54, 1.807) is 0 Å². The number of hydrogen-bond acceptors (Lipinski definition) is 5. The van der Waals surface area contributed by atoms with Crippen molar-refractivity contribution in [3.05, 3.63) is 158 Å². The van der Waals surface area contributed by atoms with Crippen LogP contribution in [-0.4, -0.2) is 36.4 Å². The second-order valence-corrected chi connectivity index (χ2v) is 15.8. The Kier molecular flexibility index (Phi) is 49.2. The van der Waals surface area contributed by atoms with E-state index in [9.17, 15) is 14.7 Å². The predicted octanol–water partition coefficient (Wildman–Crippen LogP) is 16.8. The molecule has 5 nitrogen and oxygen atoms in total. The molecule has 0 aliphatic rings. The van der Waals surface area contributed by atoms with E-state index in [-0.39, 0.29) is 31.6 Å². The standard InChI is InChI=1S/C59H90O5/c1-3-5-7-9-11-13-15-17-19-21-23-25-27-28-29-30-32-34-36-38-40-42-44-46-48-50-52-54-59(62)64-57(55-60)56-63-58(61)53-51-49-47-45-43-41-39-37-35-33-31-26-24-22-20-18-16-14-12-10-8-6-4-2/h5-8,11-14,17-20,23-26,28-29,32-35,38,40,44,46,57,60H,3-4,9-10,15-16,21-22,27,30-31,36-37,39,41-43,45,47-56H2,1-2H3/b7-5-,8-6-,13-11-,14-12-,19-17-,20-18-,25-23-,26-24-,29-28-,34-32-,35-33-,40-38-,46-44-. The van der Waals surface area contributed by atoms with Gasteiger partial charge in [-0.1, -0.05) is 204 Å². The number of unbranched alkanes of at least 4 members (excludes halogenated alkanes) is 9. The number of esters is 2. The van der Waals surface area contributed by atoms with Gasteiger partial charge < -0.3 is 14.6 Å². The maximum Gasteiger partial charge on any atom is 0.306 e. The molecule has 0 saturated heterocycles. The summed E-state index contributed by atoms with van der Waals surface area (Å²) in [7, 11) is 0. The van der Waals surface area contributed by atoms with Gasteiger partial charge in [0.2, 0.25) is 0 Å². The number of ether oxygens (including phenoxy) is 2. The molecule has 0 bridgehead atoms. The van der Waals surface area contributed by atoms with Crippen molar-refractivity contribution in [1.29, 1.82) is 0 Å². The summed E-state index contributed by atoms with van der Waals surface area (Å²) >= 11 is 0. The van der Waals surface area contributed by atoms with Crippen LogP contribution in [0.5, 0.6) is 0 Å². The van der Waals surface area contributed by atoms with Crippen LogP contribution in [0.25, 0.3) is 0 Å². The minimum Gasteiger partial charge on any atom is -0.462 e. The van der Waals surface area contributed by atoms with Crippen LogP contribution in [0.1, 0.15) is 181 Å². The van der Waals surface area contributed by atoms with Gasteiger partial charge in [0.05, 0.1) is 6.61 Å². The van der Waals surface area contributed by atoms with Gasteiger partial charge in [-0.15, -0.1) is 0 Å². The zero-order valence-corrected chi connectivity index (χ0v) is 40.5. The number of aliphatic hydroxyl groups is 1. The molecule has 1 N–H and O–H groups in total. The van der Waals surface area contributed by atoms with E-state index in [1.807, 2.05) is 0 Å². The second kappa shape index (κ2) is 52.9. The van der Waals surface area contributed by atoms with Gasteiger partial charge in [-0.3, -0.25) is 9.59 Å². The minimum absolute atomic E-state index is 0.102. The summed E-state index contributed by atoms with van der Waals surface area (Å²) in [6.07, 6.45) is 81.8. The van der Waals surface area contributed by atoms with E-state index >= 15 is 0 Å². The van der Waals surface area contributed by atoms with E-state index in [0.29, 0.717) is 12.8 Å². The van der Waals surface area contributed by atoms with Crippen LogP contribution in [-0.2, 0) is 19.1 Å². The Morgan fingerprint density at radius 2 is 0.625 bits per heavy atom. The van der Waals surface area contributed by atoms with Crippen molar-refractivity contribution < 1.29 is 24.2 Å². The number of carbonyl (C=O) groups excluding carboxylic acids is 2. The third kappa shape index (κ3) is 50.2. The minimum atomic E-state index is -0.814. The van der Waals surface area contributed by atoms with Crippen LogP contribution in [0.4, 0.5) is 0 Å². The third-order valence-electron chi connectivity index (χ3n) is 9.82. The SMILES string of the molecule is CC/C=C\C/C=C\C/C=C\C/C=C\C/C=C\C/C=C\C/C=C\C/C=C\CCCCC(=O)OC(CO)COC(=O)CCCCCCCCC/C=C\C/C=C\C/C=C\C/C=C\C/C=C\CC. The topological polar surface area (TPSA) is 72.8 Å². The largest absolute Gasteiger partial charge is 0.462 e. The van der Waals surface area contributed by atoms with Crippen LogP contribution in [0.15, 0.2) is 158 Å². The molecule has 64 heavy (non-hydrogen) atoms. The Bertz CT molecular complexity index is 1460. The van der Waals surface area contributed by atoms with Crippen LogP contribution >= 0.6 is 0 Å². The summed E-state index contributed by atoms with van der Waals surface area (Å²) in [5, 5.41) is 9.62. The fraction of sp³-hybridized carbons (Fsp3) is 0.525. The van der Waals surface area contributed by atoms with Gasteiger partial charge in [-0.2, -0.15) is 0 Å². The van der Waals surface area contributed by atoms with Crippen molar-refractivity contribution in [2.75, 3.05) is 13.2 Å². The summed E-state index contributed by atoms with van der Waals surface area (Å²) in [5.74, 6) is -0.670. The Labute approximate surface area is 392 Å².